The van der Waals surface area contributed by atoms with E-state index in [1.807, 2.05) is 6.20 Å². The second kappa shape index (κ2) is 7.87. The average molecular weight is 475 g/mol. The van der Waals surface area contributed by atoms with Gasteiger partial charge in [-0.2, -0.15) is 0 Å². The molecule has 0 amide bonds. The van der Waals surface area contributed by atoms with Gasteiger partial charge in [-0.1, -0.05) is 68.2 Å². The minimum absolute atomic E-state index is 0.132. The molecular weight excluding hydrogens is 440 g/mol. The van der Waals surface area contributed by atoms with Gasteiger partial charge in [0.15, 0.2) is 0 Å². The molecule has 2 bridgehead atoms. The molecule has 3 aliphatic rings. The molecule has 1 atom stereocenters. The van der Waals surface area contributed by atoms with Crippen LogP contribution in [0.25, 0.3) is 0 Å². The molecule has 1 aromatic heterocycles. The highest BCUT2D eigenvalue weighted by Gasteiger charge is 2.53. The number of hydrogen-bond acceptors (Lipinski definition) is 4. The largest absolute Gasteiger partial charge is 0.387 e. The fourth-order valence-electron chi connectivity index (χ4n) is 6.62. The maximum Gasteiger partial charge on any atom is 0.114 e. The van der Waals surface area contributed by atoms with E-state index in [1.54, 1.807) is 33.6 Å². The summed E-state index contributed by atoms with van der Waals surface area (Å²) in [4.78, 5) is 8.41. The number of thiazole rings is 1. The SMILES string of the molecule is C[Si](C)(C)c1ncc([C@@H](O)C2CCN(CC34CC(c5ccccc53)c3ccccc34)CC2)s1. The van der Waals surface area contributed by atoms with Crippen molar-refractivity contribution in [3.8, 4) is 0 Å². The number of piperidine rings is 1. The third-order valence-corrected chi connectivity index (χ3v) is 12.7. The summed E-state index contributed by atoms with van der Waals surface area (Å²) in [6.45, 7) is 10.2. The first kappa shape index (κ1) is 21.7. The maximum atomic E-state index is 11.1. The molecular formula is C28H34N2OSSi. The van der Waals surface area contributed by atoms with Gasteiger partial charge in [0, 0.05) is 24.1 Å². The van der Waals surface area contributed by atoms with Gasteiger partial charge in [-0.05, 0) is 60.5 Å². The first-order valence-corrected chi connectivity index (χ1v) is 16.7. The summed E-state index contributed by atoms with van der Waals surface area (Å²) in [5, 5.41) is 11.1. The normalized spacial score (nSPS) is 25.8. The second-order valence-corrected chi connectivity index (χ2v) is 17.8. The molecule has 0 unspecified atom stereocenters. The Hall–Kier alpha value is -1.79. The van der Waals surface area contributed by atoms with Crippen LogP contribution in [0, 0.1) is 5.92 Å². The van der Waals surface area contributed by atoms with Crippen LogP contribution in [0.1, 0.15) is 58.4 Å². The molecule has 2 aromatic carbocycles. The van der Waals surface area contributed by atoms with Crippen molar-refractivity contribution in [3.05, 3.63) is 81.9 Å². The van der Waals surface area contributed by atoms with Crippen LogP contribution in [0.3, 0.4) is 0 Å². The van der Waals surface area contributed by atoms with Gasteiger partial charge in [0.25, 0.3) is 0 Å². The molecule has 1 aliphatic heterocycles. The number of nitrogens with zero attached hydrogens (tertiary/aromatic N) is 2. The monoisotopic (exact) mass is 474 g/mol. The quantitative estimate of drug-likeness (QED) is 0.512. The highest BCUT2D eigenvalue weighted by molar-refractivity contribution is 7.25. The Balaban J connectivity index is 1.19. The summed E-state index contributed by atoms with van der Waals surface area (Å²) >= 11 is 1.75. The smallest absolute Gasteiger partial charge is 0.114 e. The molecule has 3 aromatic rings. The standard InChI is InChI=1S/C28H34N2OSSi/c1-33(2,3)27-29-17-25(32-27)26(31)19-12-14-30(15-13-19)18-28-16-22(20-8-4-6-10-23(20)28)21-9-5-7-11-24(21)28/h4-11,17,19,22,26,31H,12-16,18H2,1-3H3/t22?,26-,28?/m0/s1. The summed E-state index contributed by atoms with van der Waals surface area (Å²) in [6.07, 6.45) is 4.92. The van der Waals surface area contributed by atoms with Crippen molar-refractivity contribution in [2.45, 2.75) is 56.3 Å². The zero-order valence-electron chi connectivity index (χ0n) is 19.9. The van der Waals surface area contributed by atoms with E-state index in [1.165, 1.54) is 11.1 Å². The van der Waals surface area contributed by atoms with Gasteiger partial charge in [-0.25, -0.2) is 0 Å². The van der Waals surface area contributed by atoms with Crippen molar-refractivity contribution in [1.29, 1.82) is 0 Å². The number of benzene rings is 2. The van der Waals surface area contributed by atoms with E-state index in [-0.39, 0.29) is 11.5 Å². The molecule has 0 radical (unpaired) electrons. The molecule has 2 aliphatic carbocycles. The third-order valence-electron chi connectivity index (χ3n) is 8.29. The third kappa shape index (κ3) is 3.47. The molecule has 3 nitrogen and oxygen atoms in total. The first-order chi connectivity index (χ1) is 15.9. The van der Waals surface area contributed by atoms with Crippen LogP contribution in [-0.4, -0.2) is 42.7 Å². The number of hydrogen-bond donors (Lipinski definition) is 1. The van der Waals surface area contributed by atoms with Crippen LogP contribution in [0.15, 0.2) is 54.7 Å². The lowest BCUT2D eigenvalue weighted by atomic mass is 9.74. The molecule has 5 heteroatoms. The fraction of sp³-hybridized carbons (Fsp3) is 0.464. The Labute approximate surface area is 202 Å². The number of aliphatic hydroxyl groups excluding tert-OH is 1. The summed E-state index contributed by atoms with van der Waals surface area (Å²) in [7, 11) is -1.42. The van der Waals surface area contributed by atoms with E-state index in [0.29, 0.717) is 11.8 Å². The van der Waals surface area contributed by atoms with Crippen molar-refractivity contribution in [1.82, 2.24) is 9.88 Å². The van der Waals surface area contributed by atoms with E-state index in [2.05, 4.69) is 78.1 Å². The van der Waals surface area contributed by atoms with Crippen molar-refractivity contribution in [2.75, 3.05) is 19.6 Å². The van der Waals surface area contributed by atoms with Crippen LogP contribution >= 0.6 is 11.3 Å². The van der Waals surface area contributed by atoms with E-state index >= 15 is 0 Å². The number of aliphatic hydroxyl groups is 1. The van der Waals surface area contributed by atoms with Crippen LogP contribution in [-0.2, 0) is 5.41 Å². The lowest BCUT2D eigenvalue weighted by Gasteiger charge is -2.40. The minimum Gasteiger partial charge on any atom is -0.387 e. The minimum atomic E-state index is -1.42. The van der Waals surface area contributed by atoms with Crippen molar-refractivity contribution in [3.63, 3.8) is 0 Å². The van der Waals surface area contributed by atoms with Crippen molar-refractivity contribution < 1.29 is 5.11 Å². The van der Waals surface area contributed by atoms with Crippen LogP contribution in [0.2, 0.25) is 19.6 Å². The van der Waals surface area contributed by atoms with Crippen LogP contribution in [0.4, 0.5) is 0 Å². The summed E-state index contributed by atoms with van der Waals surface area (Å²) in [6, 6.07) is 18.3. The molecule has 1 saturated heterocycles. The molecule has 2 heterocycles. The first-order valence-electron chi connectivity index (χ1n) is 12.4. The topological polar surface area (TPSA) is 36.4 Å². The van der Waals surface area contributed by atoms with E-state index in [9.17, 15) is 5.11 Å². The Morgan fingerprint density at radius 2 is 1.64 bits per heavy atom. The highest BCUT2D eigenvalue weighted by Crippen LogP contribution is 2.60. The van der Waals surface area contributed by atoms with Gasteiger partial charge >= 0.3 is 0 Å². The molecule has 33 heavy (non-hydrogen) atoms. The van der Waals surface area contributed by atoms with Gasteiger partial charge in [-0.3, -0.25) is 4.98 Å². The number of rotatable bonds is 5. The summed E-state index contributed by atoms with van der Waals surface area (Å²) in [5.74, 6) is 0.900. The van der Waals surface area contributed by atoms with E-state index in [0.717, 1.165) is 37.4 Å². The van der Waals surface area contributed by atoms with Gasteiger partial charge in [0.1, 0.15) is 8.07 Å². The molecule has 0 spiro atoms. The molecule has 6 rings (SSSR count). The Bertz CT molecular complexity index is 1130. The zero-order chi connectivity index (χ0) is 22.8. The lowest BCUT2D eigenvalue weighted by Crippen LogP contribution is -2.44. The van der Waals surface area contributed by atoms with Gasteiger partial charge < -0.3 is 10.0 Å². The van der Waals surface area contributed by atoms with Gasteiger partial charge in [0.2, 0.25) is 0 Å². The number of likely N-dealkylation sites (tertiary alicyclic amines) is 1. The average Bonchev–Trinajstić information content (AvgIpc) is 3.52. The maximum absolute atomic E-state index is 11.1. The molecule has 0 saturated carbocycles. The number of aromatic nitrogens is 1. The van der Waals surface area contributed by atoms with Crippen LogP contribution in [0.5, 0.6) is 0 Å². The summed E-state index contributed by atoms with van der Waals surface area (Å²) < 4.78 is 1.25. The molecule has 172 valence electrons. The highest BCUT2D eigenvalue weighted by atomic mass is 32.1. The predicted molar refractivity (Wildman–Crippen MR) is 139 cm³/mol. The summed E-state index contributed by atoms with van der Waals surface area (Å²) in [5.41, 5.74) is 6.33. The second-order valence-electron chi connectivity index (χ2n) is 11.4. The Morgan fingerprint density at radius 1 is 1.03 bits per heavy atom. The van der Waals surface area contributed by atoms with Crippen molar-refractivity contribution in [2.24, 2.45) is 5.92 Å². The van der Waals surface area contributed by atoms with Crippen molar-refractivity contribution >= 4 is 24.0 Å². The van der Waals surface area contributed by atoms with E-state index in [4.69, 9.17) is 0 Å². The number of fused-ring (bicyclic) bond motifs is 8. The Morgan fingerprint density at radius 3 is 2.21 bits per heavy atom. The zero-order valence-corrected chi connectivity index (χ0v) is 21.7. The van der Waals surface area contributed by atoms with Gasteiger partial charge in [-0.15, -0.1) is 11.3 Å². The Kier molecular flexibility index (Phi) is 5.18. The molecule has 1 fully saturated rings. The lowest BCUT2D eigenvalue weighted by molar-refractivity contribution is 0.0561. The van der Waals surface area contributed by atoms with Crippen LogP contribution < -0.4 is 4.63 Å². The van der Waals surface area contributed by atoms with Gasteiger partial charge in [0.05, 0.1) is 15.6 Å². The predicted octanol–water partition coefficient (Wildman–Crippen LogP) is 5.27. The van der Waals surface area contributed by atoms with E-state index < -0.39 is 8.07 Å². The molecule has 1 N–H and O–H groups in total. The fourth-order valence-corrected chi connectivity index (χ4v) is 9.40.